The average Bonchev–Trinajstić information content (AvgIpc) is 2.80. The van der Waals surface area contributed by atoms with E-state index in [0.717, 1.165) is 29.0 Å². The Hall–Kier alpha value is -1.55. The first-order chi connectivity index (χ1) is 7.69. The molecule has 1 atom stereocenters. The lowest BCUT2D eigenvalue weighted by Crippen LogP contribution is -2.24. The molecule has 0 aliphatic carbocycles. The van der Waals surface area contributed by atoms with Crippen LogP contribution in [0.15, 0.2) is 6.07 Å². The van der Waals surface area contributed by atoms with Gasteiger partial charge >= 0.3 is 0 Å². The van der Waals surface area contributed by atoms with Crippen molar-refractivity contribution in [1.29, 1.82) is 0 Å². The predicted octanol–water partition coefficient (Wildman–Crippen LogP) is 0.752. The van der Waals surface area contributed by atoms with Crippen molar-refractivity contribution >= 4 is 11.6 Å². The average molecular weight is 218 g/mol. The van der Waals surface area contributed by atoms with Crippen LogP contribution in [0.3, 0.4) is 0 Å². The summed E-state index contributed by atoms with van der Waals surface area (Å²) in [4.78, 5) is 11.4. The largest absolute Gasteiger partial charge is 0.488 e. The third kappa shape index (κ3) is 1.23. The Balaban J connectivity index is 2.12. The minimum atomic E-state index is 0.0475. The standard InChI is InChI=1S/C12H14N2O2/c1-6-2-7-3-8(5-13)16-12(7)9-4-10(15)14-11(6)9/h2,8H,3-5,13H2,1H3,(H,14,15). The summed E-state index contributed by atoms with van der Waals surface area (Å²) in [5, 5.41) is 2.88. The van der Waals surface area contributed by atoms with Gasteiger partial charge in [-0.25, -0.2) is 0 Å². The van der Waals surface area contributed by atoms with E-state index in [4.69, 9.17) is 10.5 Å². The molecule has 1 unspecified atom stereocenters. The van der Waals surface area contributed by atoms with Gasteiger partial charge in [-0.05, 0) is 18.1 Å². The summed E-state index contributed by atoms with van der Waals surface area (Å²) < 4.78 is 5.79. The Bertz CT molecular complexity index is 482. The Morgan fingerprint density at radius 3 is 3.19 bits per heavy atom. The van der Waals surface area contributed by atoms with Gasteiger partial charge in [0.15, 0.2) is 0 Å². The number of nitrogens with one attached hydrogen (secondary N) is 1. The normalized spacial score (nSPS) is 21.4. The molecular weight excluding hydrogens is 204 g/mol. The Morgan fingerprint density at radius 1 is 1.62 bits per heavy atom. The van der Waals surface area contributed by atoms with E-state index in [1.54, 1.807) is 0 Å². The maximum Gasteiger partial charge on any atom is 0.229 e. The highest BCUT2D eigenvalue weighted by atomic mass is 16.5. The fraction of sp³-hybridized carbons (Fsp3) is 0.417. The van der Waals surface area contributed by atoms with Crippen LogP contribution in [0.4, 0.5) is 5.69 Å². The second-order valence-electron chi connectivity index (χ2n) is 4.44. The lowest BCUT2D eigenvalue weighted by atomic mass is 10.0. The van der Waals surface area contributed by atoms with Crippen LogP contribution >= 0.6 is 0 Å². The molecule has 4 heteroatoms. The van der Waals surface area contributed by atoms with E-state index in [-0.39, 0.29) is 12.0 Å². The molecule has 16 heavy (non-hydrogen) atoms. The Morgan fingerprint density at radius 2 is 2.44 bits per heavy atom. The third-order valence-electron chi connectivity index (χ3n) is 3.25. The molecule has 2 aliphatic heterocycles. The molecule has 0 aromatic heterocycles. The van der Waals surface area contributed by atoms with Crippen LogP contribution in [-0.2, 0) is 17.6 Å². The number of amides is 1. The zero-order valence-corrected chi connectivity index (χ0v) is 9.17. The lowest BCUT2D eigenvalue weighted by molar-refractivity contribution is -0.115. The number of nitrogens with two attached hydrogens (primary N) is 1. The summed E-state index contributed by atoms with van der Waals surface area (Å²) in [6.07, 6.45) is 1.35. The van der Waals surface area contributed by atoms with Crippen LogP contribution in [0.25, 0.3) is 0 Å². The molecule has 1 amide bonds. The van der Waals surface area contributed by atoms with Gasteiger partial charge in [0.05, 0.1) is 12.1 Å². The van der Waals surface area contributed by atoms with E-state index in [1.807, 2.05) is 6.92 Å². The molecule has 0 fully saturated rings. The van der Waals surface area contributed by atoms with Crippen LogP contribution in [0.2, 0.25) is 0 Å². The lowest BCUT2D eigenvalue weighted by Gasteiger charge is -2.10. The van der Waals surface area contributed by atoms with E-state index in [2.05, 4.69) is 11.4 Å². The van der Waals surface area contributed by atoms with Crippen molar-refractivity contribution in [2.24, 2.45) is 5.73 Å². The molecule has 1 aromatic rings. The van der Waals surface area contributed by atoms with Crippen molar-refractivity contribution in [3.63, 3.8) is 0 Å². The number of hydrogen-bond acceptors (Lipinski definition) is 3. The monoisotopic (exact) mass is 218 g/mol. The highest BCUT2D eigenvalue weighted by Gasteiger charge is 2.31. The highest BCUT2D eigenvalue weighted by molar-refractivity contribution is 6.01. The maximum atomic E-state index is 11.4. The van der Waals surface area contributed by atoms with Crippen molar-refractivity contribution in [2.45, 2.75) is 25.9 Å². The van der Waals surface area contributed by atoms with Gasteiger partial charge in [0.2, 0.25) is 5.91 Å². The van der Waals surface area contributed by atoms with Crippen molar-refractivity contribution in [3.8, 4) is 5.75 Å². The van der Waals surface area contributed by atoms with Crippen molar-refractivity contribution in [1.82, 2.24) is 0 Å². The zero-order chi connectivity index (χ0) is 11.3. The predicted molar refractivity (Wildman–Crippen MR) is 60.7 cm³/mol. The smallest absolute Gasteiger partial charge is 0.229 e. The van der Waals surface area contributed by atoms with Crippen LogP contribution in [-0.4, -0.2) is 18.6 Å². The molecule has 2 aliphatic rings. The Labute approximate surface area is 93.8 Å². The zero-order valence-electron chi connectivity index (χ0n) is 9.17. The Kier molecular flexibility index (Phi) is 1.94. The molecule has 2 heterocycles. The summed E-state index contributed by atoms with van der Waals surface area (Å²) in [7, 11) is 0. The van der Waals surface area contributed by atoms with Gasteiger partial charge in [0.1, 0.15) is 11.9 Å². The fourth-order valence-electron chi connectivity index (χ4n) is 2.51. The first-order valence-electron chi connectivity index (χ1n) is 5.51. The van der Waals surface area contributed by atoms with Crippen LogP contribution in [0.5, 0.6) is 5.75 Å². The number of ether oxygens (including phenoxy) is 1. The minimum Gasteiger partial charge on any atom is -0.488 e. The molecule has 3 N–H and O–H groups in total. The highest BCUT2D eigenvalue weighted by Crippen LogP contribution is 2.41. The summed E-state index contributed by atoms with van der Waals surface area (Å²) in [6, 6.07) is 2.09. The molecule has 84 valence electrons. The van der Waals surface area contributed by atoms with Gasteiger partial charge < -0.3 is 15.8 Å². The first kappa shape index (κ1) is 9.66. The molecule has 0 bridgehead atoms. The first-order valence-corrected chi connectivity index (χ1v) is 5.51. The van der Waals surface area contributed by atoms with Crippen LogP contribution in [0.1, 0.15) is 16.7 Å². The van der Waals surface area contributed by atoms with Crippen molar-refractivity contribution in [2.75, 3.05) is 11.9 Å². The van der Waals surface area contributed by atoms with Crippen molar-refractivity contribution < 1.29 is 9.53 Å². The van der Waals surface area contributed by atoms with Gasteiger partial charge in [-0.2, -0.15) is 0 Å². The number of carbonyl (C=O) groups is 1. The second kappa shape index (κ2) is 3.22. The number of hydrogen-bond donors (Lipinski definition) is 2. The molecule has 3 rings (SSSR count). The number of rotatable bonds is 1. The van der Waals surface area contributed by atoms with Crippen LogP contribution < -0.4 is 15.8 Å². The molecule has 0 saturated heterocycles. The van der Waals surface area contributed by atoms with E-state index in [0.29, 0.717) is 13.0 Å². The molecule has 0 saturated carbocycles. The molecule has 0 spiro atoms. The van der Waals surface area contributed by atoms with Crippen molar-refractivity contribution in [3.05, 3.63) is 22.8 Å². The molecular formula is C12H14N2O2. The SMILES string of the molecule is Cc1cc2c(c3c1NC(=O)C3)OC(CN)C2. The van der Waals surface area contributed by atoms with Gasteiger partial charge in [-0.3, -0.25) is 4.79 Å². The topological polar surface area (TPSA) is 64.3 Å². The van der Waals surface area contributed by atoms with Gasteiger partial charge in [0.25, 0.3) is 0 Å². The van der Waals surface area contributed by atoms with E-state index in [9.17, 15) is 4.79 Å². The fourth-order valence-corrected chi connectivity index (χ4v) is 2.51. The molecule has 0 radical (unpaired) electrons. The van der Waals surface area contributed by atoms with Gasteiger partial charge in [-0.1, -0.05) is 6.07 Å². The van der Waals surface area contributed by atoms with E-state index >= 15 is 0 Å². The second-order valence-corrected chi connectivity index (χ2v) is 4.44. The van der Waals surface area contributed by atoms with Crippen LogP contribution in [0, 0.1) is 6.92 Å². The number of aryl methyl sites for hydroxylation is 1. The number of fused-ring (bicyclic) bond motifs is 3. The summed E-state index contributed by atoms with van der Waals surface area (Å²) in [6.45, 7) is 2.53. The van der Waals surface area contributed by atoms with Gasteiger partial charge in [0, 0.05) is 18.5 Å². The van der Waals surface area contributed by atoms with E-state index in [1.165, 1.54) is 5.56 Å². The molecule has 4 nitrogen and oxygen atoms in total. The van der Waals surface area contributed by atoms with E-state index < -0.39 is 0 Å². The minimum absolute atomic E-state index is 0.0475. The number of anilines is 1. The summed E-state index contributed by atoms with van der Waals surface area (Å²) in [5.41, 5.74) is 9.85. The number of benzene rings is 1. The molecule has 1 aromatic carbocycles. The maximum absolute atomic E-state index is 11.4. The summed E-state index contributed by atoms with van der Waals surface area (Å²) >= 11 is 0. The number of carbonyl (C=O) groups excluding carboxylic acids is 1. The third-order valence-corrected chi connectivity index (χ3v) is 3.25. The summed E-state index contributed by atoms with van der Waals surface area (Å²) in [5.74, 6) is 0.931. The van der Waals surface area contributed by atoms with Gasteiger partial charge in [-0.15, -0.1) is 0 Å². The quantitative estimate of drug-likeness (QED) is 0.731.